The number of hydrogen-bond donors (Lipinski definition) is 0. The second kappa shape index (κ2) is 6.74. The van der Waals surface area contributed by atoms with Crippen LogP contribution in [0.1, 0.15) is 32.3 Å². The third-order valence-corrected chi connectivity index (χ3v) is 6.05. The zero-order valence-electron chi connectivity index (χ0n) is 15.8. The molecule has 2 aliphatic heterocycles. The first kappa shape index (κ1) is 17.6. The molecule has 2 aromatic heterocycles. The maximum Gasteiger partial charge on any atom is 0.205 e. The second-order valence-electron chi connectivity index (χ2n) is 8.27. The van der Waals surface area contributed by atoms with Crippen LogP contribution in [0.2, 0.25) is 0 Å². The van der Waals surface area contributed by atoms with Gasteiger partial charge < -0.3 is 14.5 Å². The average Bonchev–Trinajstić information content (AvgIpc) is 3.28. The fraction of sp³-hybridized carbons (Fsp3) is 0.667. The van der Waals surface area contributed by atoms with E-state index in [1.807, 2.05) is 0 Å². The SMILES string of the molecule is COCc1nsc(N2CC3CN(c4cc(C(C)(C)C)ncn4)CC3C2)n1. The number of rotatable bonds is 4. The molecule has 2 saturated heterocycles. The first-order chi connectivity index (χ1) is 12.4. The maximum absolute atomic E-state index is 5.12. The van der Waals surface area contributed by atoms with Crippen molar-refractivity contribution in [1.82, 2.24) is 19.3 Å². The molecule has 2 aliphatic rings. The number of aromatic nitrogens is 4. The highest BCUT2D eigenvalue weighted by Gasteiger charge is 2.41. The fourth-order valence-electron chi connectivity index (χ4n) is 3.83. The van der Waals surface area contributed by atoms with Crippen LogP contribution in [0.3, 0.4) is 0 Å². The summed E-state index contributed by atoms with van der Waals surface area (Å²) in [4.78, 5) is 18.4. The number of methoxy groups -OCH3 is 1. The predicted molar refractivity (Wildman–Crippen MR) is 103 cm³/mol. The van der Waals surface area contributed by atoms with Crippen molar-refractivity contribution >= 4 is 22.5 Å². The highest BCUT2D eigenvalue weighted by atomic mass is 32.1. The summed E-state index contributed by atoms with van der Waals surface area (Å²) in [5.41, 5.74) is 1.14. The summed E-state index contributed by atoms with van der Waals surface area (Å²) in [7, 11) is 1.67. The maximum atomic E-state index is 5.12. The molecule has 2 aromatic rings. The summed E-state index contributed by atoms with van der Waals surface area (Å²) in [5.74, 6) is 3.14. The summed E-state index contributed by atoms with van der Waals surface area (Å²) in [6.45, 7) is 11.2. The Bertz CT molecular complexity index is 759. The van der Waals surface area contributed by atoms with E-state index >= 15 is 0 Å². The number of anilines is 2. The Balaban J connectivity index is 1.42. The molecule has 0 spiro atoms. The van der Waals surface area contributed by atoms with Gasteiger partial charge in [-0.3, -0.25) is 0 Å². The molecule has 140 valence electrons. The van der Waals surface area contributed by atoms with Gasteiger partial charge in [0.1, 0.15) is 18.8 Å². The molecule has 0 N–H and O–H groups in total. The molecule has 0 radical (unpaired) electrons. The third-order valence-electron chi connectivity index (χ3n) is 5.23. The van der Waals surface area contributed by atoms with E-state index in [1.165, 1.54) is 11.5 Å². The lowest BCUT2D eigenvalue weighted by Crippen LogP contribution is -2.29. The topological polar surface area (TPSA) is 67.3 Å². The standard InChI is InChI=1S/C18H26N6OS/c1-18(2,3)14-5-16(20-11-19-14)23-6-12-8-24(9-13(12)7-23)17-21-15(10-25-4)22-26-17/h5,11-13H,6-10H2,1-4H3. The van der Waals surface area contributed by atoms with Crippen molar-refractivity contribution < 1.29 is 4.74 Å². The van der Waals surface area contributed by atoms with Crippen molar-refractivity contribution in [3.05, 3.63) is 23.9 Å². The molecule has 4 rings (SSSR count). The van der Waals surface area contributed by atoms with Gasteiger partial charge in [0.05, 0.1) is 5.69 Å². The molecule has 4 heterocycles. The van der Waals surface area contributed by atoms with E-state index in [0.717, 1.165) is 48.6 Å². The van der Waals surface area contributed by atoms with E-state index in [0.29, 0.717) is 18.4 Å². The first-order valence-electron chi connectivity index (χ1n) is 9.08. The van der Waals surface area contributed by atoms with Gasteiger partial charge in [0.15, 0.2) is 5.82 Å². The summed E-state index contributed by atoms with van der Waals surface area (Å²) >= 11 is 1.48. The molecule has 8 heteroatoms. The largest absolute Gasteiger partial charge is 0.377 e. The average molecular weight is 375 g/mol. The smallest absolute Gasteiger partial charge is 0.205 e. The van der Waals surface area contributed by atoms with Gasteiger partial charge in [-0.15, -0.1) is 0 Å². The lowest BCUT2D eigenvalue weighted by Gasteiger charge is -2.24. The van der Waals surface area contributed by atoms with Gasteiger partial charge in [0.25, 0.3) is 0 Å². The number of fused-ring (bicyclic) bond motifs is 1. The molecule has 2 unspecified atom stereocenters. The van der Waals surface area contributed by atoms with Crippen LogP contribution in [-0.2, 0) is 16.8 Å². The van der Waals surface area contributed by atoms with Gasteiger partial charge in [0, 0.05) is 68.1 Å². The van der Waals surface area contributed by atoms with Crippen molar-refractivity contribution in [3.63, 3.8) is 0 Å². The monoisotopic (exact) mass is 374 g/mol. The van der Waals surface area contributed by atoms with Crippen LogP contribution in [-0.4, -0.2) is 52.6 Å². The molecule has 0 saturated carbocycles. The van der Waals surface area contributed by atoms with Crippen LogP contribution >= 0.6 is 11.5 Å². The van der Waals surface area contributed by atoms with Gasteiger partial charge in [-0.05, 0) is 0 Å². The summed E-state index contributed by atoms with van der Waals surface area (Å²) in [5, 5.41) is 1.02. The highest BCUT2D eigenvalue weighted by Crippen LogP contribution is 2.36. The first-order valence-corrected chi connectivity index (χ1v) is 9.85. The number of hydrogen-bond acceptors (Lipinski definition) is 8. The Morgan fingerprint density at radius 3 is 2.46 bits per heavy atom. The van der Waals surface area contributed by atoms with Gasteiger partial charge >= 0.3 is 0 Å². The summed E-state index contributed by atoms with van der Waals surface area (Å²) in [6, 6.07) is 2.15. The molecule has 2 fully saturated rings. The van der Waals surface area contributed by atoms with Crippen molar-refractivity contribution in [2.75, 3.05) is 43.1 Å². The Labute approximate surface area is 158 Å². The fourth-order valence-corrected chi connectivity index (χ4v) is 4.52. The molecule has 0 aliphatic carbocycles. The van der Waals surface area contributed by atoms with Crippen LogP contribution in [0, 0.1) is 11.8 Å². The zero-order chi connectivity index (χ0) is 18.3. The van der Waals surface area contributed by atoms with E-state index in [-0.39, 0.29) is 5.41 Å². The van der Waals surface area contributed by atoms with E-state index in [2.05, 4.69) is 56.0 Å². The molecule has 7 nitrogen and oxygen atoms in total. The van der Waals surface area contributed by atoms with Crippen LogP contribution < -0.4 is 9.80 Å². The van der Waals surface area contributed by atoms with Crippen molar-refractivity contribution in [2.24, 2.45) is 11.8 Å². The minimum Gasteiger partial charge on any atom is -0.377 e. The Kier molecular flexibility index (Phi) is 4.56. The molecule has 26 heavy (non-hydrogen) atoms. The van der Waals surface area contributed by atoms with Gasteiger partial charge in [0.2, 0.25) is 5.13 Å². The molecule has 2 atom stereocenters. The Morgan fingerprint density at radius 2 is 1.81 bits per heavy atom. The highest BCUT2D eigenvalue weighted by molar-refractivity contribution is 7.09. The lowest BCUT2D eigenvalue weighted by molar-refractivity contribution is 0.179. The minimum atomic E-state index is 0.0435. The molecular formula is C18H26N6OS. The van der Waals surface area contributed by atoms with Gasteiger partial charge in [-0.1, -0.05) is 20.8 Å². The number of nitrogens with zero attached hydrogens (tertiary/aromatic N) is 6. The molecular weight excluding hydrogens is 348 g/mol. The zero-order valence-corrected chi connectivity index (χ0v) is 16.7. The van der Waals surface area contributed by atoms with Crippen LogP contribution in [0.15, 0.2) is 12.4 Å². The van der Waals surface area contributed by atoms with Crippen molar-refractivity contribution in [1.29, 1.82) is 0 Å². The Hall–Kier alpha value is -1.80. The molecule has 0 amide bonds. The van der Waals surface area contributed by atoms with E-state index < -0.39 is 0 Å². The number of ether oxygens (including phenoxy) is 1. The van der Waals surface area contributed by atoms with E-state index in [1.54, 1.807) is 13.4 Å². The normalized spacial score (nSPS) is 22.9. The van der Waals surface area contributed by atoms with Gasteiger partial charge in [-0.25, -0.2) is 15.0 Å². The predicted octanol–water partition coefficient (Wildman–Crippen LogP) is 2.34. The minimum absolute atomic E-state index is 0.0435. The van der Waals surface area contributed by atoms with Crippen LogP contribution in [0.5, 0.6) is 0 Å². The van der Waals surface area contributed by atoms with Gasteiger partial charge in [-0.2, -0.15) is 4.37 Å². The van der Waals surface area contributed by atoms with Crippen LogP contribution in [0.4, 0.5) is 10.9 Å². The quantitative estimate of drug-likeness (QED) is 0.814. The third kappa shape index (κ3) is 3.40. The lowest BCUT2D eigenvalue weighted by atomic mass is 9.92. The van der Waals surface area contributed by atoms with E-state index in [9.17, 15) is 0 Å². The second-order valence-corrected chi connectivity index (χ2v) is 9.00. The molecule has 0 aromatic carbocycles. The summed E-state index contributed by atoms with van der Waals surface area (Å²) in [6.07, 6.45) is 1.70. The van der Waals surface area contributed by atoms with E-state index in [4.69, 9.17) is 4.74 Å². The summed E-state index contributed by atoms with van der Waals surface area (Å²) < 4.78 is 9.50. The van der Waals surface area contributed by atoms with Crippen molar-refractivity contribution in [3.8, 4) is 0 Å². The molecule has 0 bridgehead atoms. The van der Waals surface area contributed by atoms with Crippen molar-refractivity contribution in [2.45, 2.75) is 32.8 Å². The van der Waals surface area contributed by atoms with Crippen LogP contribution in [0.25, 0.3) is 0 Å². The Morgan fingerprint density at radius 1 is 1.12 bits per heavy atom.